The summed E-state index contributed by atoms with van der Waals surface area (Å²) in [4.78, 5) is 12.0. The molecule has 1 amide bonds. The molecular weight excluding hydrogens is 272 g/mol. The number of carbonyl (C=O) groups is 1. The smallest absolute Gasteiger partial charge is 0.220 e. The predicted octanol–water partition coefficient (Wildman–Crippen LogP) is 3.46. The van der Waals surface area contributed by atoms with E-state index in [1.807, 2.05) is 0 Å². The molecule has 1 saturated carbocycles. The van der Waals surface area contributed by atoms with E-state index in [2.05, 4.69) is 54.8 Å². The SMILES string of the molecule is CCN[C@H](C)CNC(=O)CC1CCC(c2ccccc2)CC1. The molecule has 0 radical (unpaired) electrons. The number of carbonyl (C=O) groups excluding carboxylic acids is 1. The molecule has 1 aliphatic carbocycles. The van der Waals surface area contributed by atoms with Crippen molar-refractivity contribution in [2.75, 3.05) is 13.1 Å². The van der Waals surface area contributed by atoms with Gasteiger partial charge in [0.05, 0.1) is 0 Å². The fourth-order valence-electron chi connectivity index (χ4n) is 3.45. The molecule has 1 aromatic carbocycles. The van der Waals surface area contributed by atoms with Gasteiger partial charge in [0.25, 0.3) is 0 Å². The molecular formula is C19H30N2O. The van der Waals surface area contributed by atoms with E-state index in [4.69, 9.17) is 0 Å². The number of benzene rings is 1. The molecule has 0 aromatic heterocycles. The second kappa shape index (κ2) is 8.94. The zero-order valence-electron chi connectivity index (χ0n) is 14.0. The largest absolute Gasteiger partial charge is 0.355 e. The summed E-state index contributed by atoms with van der Waals surface area (Å²) in [6.45, 7) is 5.87. The molecule has 22 heavy (non-hydrogen) atoms. The first-order valence-corrected chi connectivity index (χ1v) is 8.74. The van der Waals surface area contributed by atoms with Crippen LogP contribution in [-0.4, -0.2) is 25.0 Å². The molecule has 0 bridgehead atoms. The third-order valence-electron chi connectivity index (χ3n) is 4.75. The van der Waals surface area contributed by atoms with Crippen LogP contribution in [0.1, 0.15) is 57.4 Å². The highest BCUT2D eigenvalue weighted by Gasteiger charge is 2.23. The molecule has 1 fully saturated rings. The zero-order chi connectivity index (χ0) is 15.8. The van der Waals surface area contributed by atoms with Crippen molar-refractivity contribution in [3.05, 3.63) is 35.9 Å². The molecule has 0 spiro atoms. The lowest BCUT2D eigenvalue weighted by Crippen LogP contribution is -2.39. The average Bonchev–Trinajstić information content (AvgIpc) is 2.55. The second-order valence-electron chi connectivity index (χ2n) is 6.60. The van der Waals surface area contributed by atoms with Gasteiger partial charge in [-0.05, 0) is 56.6 Å². The Balaban J connectivity index is 1.68. The van der Waals surface area contributed by atoms with E-state index < -0.39 is 0 Å². The van der Waals surface area contributed by atoms with Crippen molar-refractivity contribution < 1.29 is 4.79 Å². The quantitative estimate of drug-likeness (QED) is 0.810. The van der Waals surface area contributed by atoms with E-state index in [9.17, 15) is 4.79 Å². The first-order valence-electron chi connectivity index (χ1n) is 8.74. The van der Waals surface area contributed by atoms with Crippen LogP contribution in [0, 0.1) is 5.92 Å². The summed E-state index contributed by atoms with van der Waals surface area (Å²) < 4.78 is 0. The summed E-state index contributed by atoms with van der Waals surface area (Å²) >= 11 is 0. The minimum absolute atomic E-state index is 0.216. The van der Waals surface area contributed by atoms with Gasteiger partial charge < -0.3 is 10.6 Å². The van der Waals surface area contributed by atoms with E-state index in [0.717, 1.165) is 13.1 Å². The van der Waals surface area contributed by atoms with Crippen molar-refractivity contribution in [2.24, 2.45) is 5.92 Å². The number of likely N-dealkylation sites (N-methyl/N-ethyl adjacent to an activating group) is 1. The molecule has 3 nitrogen and oxygen atoms in total. The number of nitrogens with one attached hydrogen (secondary N) is 2. The van der Waals surface area contributed by atoms with Gasteiger partial charge in [-0.1, -0.05) is 37.3 Å². The van der Waals surface area contributed by atoms with Gasteiger partial charge in [-0.15, -0.1) is 0 Å². The maximum atomic E-state index is 12.0. The van der Waals surface area contributed by atoms with Crippen molar-refractivity contribution in [3.63, 3.8) is 0 Å². The molecule has 1 aromatic rings. The van der Waals surface area contributed by atoms with E-state index >= 15 is 0 Å². The van der Waals surface area contributed by atoms with Gasteiger partial charge in [0.2, 0.25) is 5.91 Å². The van der Waals surface area contributed by atoms with Crippen LogP contribution >= 0.6 is 0 Å². The van der Waals surface area contributed by atoms with Crippen LogP contribution in [-0.2, 0) is 4.79 Å². The molecule has 1 aliphatic rings. The van der Waals surface area contributed by atoms with E-state index in [-0.39, 0.29) is 5.91 Å². The molecule has 0 saturated heterocycles. The fraction of sp³-hybridized carbons (Fsp3) is 0.632. The Morgan fingerprint density at radius 1 is 1.18 bits per heavy atom. The highest BCUT2D eigenvalue weighted by Crippen LogP contribution is 2.36. The van der Waals surface area contributed by atoms with Crippen LogP contribution in [0.25, 0.3) is 0 Å². The van der Waals surface area contributed by atoms with Gasteiger partial charge in [-0.25, -0.2) is 0 Å². The summed E-state index contributed by atoms with van der Waals surface area (Å²) in [5, 5.41) is 6.37. The van der Waals surface area contributed by atoms with E-state index in [1.54, 1.807) is 0 Å². The maximum absolute atomic E-state index is 12.0. The van der Waals surface area contributed by atoms with E-state index in [1.165, 1.54) is 31.2 Å². The molecule has 2 N–H and O–H groups in total. The van der Waals surface area contributed by atoms with E-state index in [0.29, 0.717) is 24.3 Å². The lowest BCUT2D eigenvalue weighted by atomic mass is 9.77. The molecule has 0 aliphatic heterocycles. The number of hydrogen-bond acceptors (Lipinski definition) is 2. The highest BCUT2D eigenvalue weighted by molar-refractivity contribution is 5.76. The van der Waals surface area contributed by atoms with Crippen LogP contribution in [0.2, 0.25) is 0 Å². The molecule has 2 rings (SSSR count). The lowest BCUT2D eigenvalue weighted by Gasteiger charge is -2.28. The number of rotatable bonds is 7. The molecule has 1 atom stereocenters. The lowest BCUT2D eigenvalue weighted by molar-refractivity contribution is -0.122. The Labute approximate surface area is 134 Å². The van der Waals surface area contributed by atoms with Gasteiger partial charge >= 0.3 is 0 Å². The van der Waals surface area contributed by atoms with Crippen LogP contribution < -0.4 is 10.6 Å². The maximum Gasteiger partial charge on any atom is 0.220 e. The first kappa shape index (κ1) is 17.0. The van der Waals surface area contributed by atoms with Gasteiger partial charge in [0.1, 0.15) is 0 Å². The topological polar surface area (TPSA) is 41.1 Å². The molecule has 3 heteroatoms. The van der Waals surface area contributed by atoms with Crippen molar-refractivity contribution in [3.8, 4) is 0 Å². The monoisotopic (exact) mass is 302 g/mol. The Kier molecular flexibility index (Phi) is 6.91. The first-order chi connectivity index (χ1) is 10.7. The summed E-state index contributed by atoms with van der Waals surface area (Å²) in [5.41, 5.74) is 1.46. The van der Waals surface area contributed by atoms with Crippen LogP contribution in [0.3, 0.4) is 0 Å². The van der Waals surface area contributed by atoms with Crippen molar-refractivity contribution in [1.82, 2.24) is 10.6 Å². The van der Waals surface area contributed by atoms with Gasteiger partial charge in [-0.2, -0.15) is 0 Å². The van der Waals surface area contributed by atoms with Crippen molar-refractivity contribution in [1.29, 1.82) is 0 Å². The highest BCUT2D eigenvalue weighted by atomic mass is 16.1. The third kappa shape index (κ3) is 5.45. The molecule has 0 heterocycles. The Morgan fingerprint density at radius 2 is 1.86 bits per heavy atom. The minimum Gasteiger partial charge on any atom is -0.355 e. The fourth-order valence-corrected chi connectivity index (χ4v) is 3.45. The summed E-state index contributed by atoms with van der Waals surface area (Å²) in [7, 11) is 0. The van der Waals surface area contributed by atoms with Gasteiger partial charge in [-0.3, -0.25) is 4.79 Å². The third-order valence-corrected chi connectivity index (χ3v) is 4.75. The zero-order valence-corrected chi connectivity index (χ0v) is 14.0. The van der Waals surface area contributed by atoms with Crippen molar-refractivity contribution >= 4 is 5.91 Å². The Hall–Kier alpha value is -1.35. The molecule has 0 unspecified atom stereocenters. The van der Waals surface area contributed by atoms with Crippen LogP contribution in [0.4, 0.5) is 0 Å². The van der Waals surface area contributed by atoms with Crippen LogP contribution in [0.5, 0.6) is 0 Å². The Morgan fingerprint density at radius 3 is 2.50 bits per heavy atom. The minimum atomic E-state index is 0.216. The summed E-state index contributed by atoms with van der Waals surface area (Å²) in [6, 6.07) is 11.1. The van der Waals surface area contributed by atoms with Crippen LogP contribution in [0.15, 0.2) is 30.3 Å². The standard InChI is InChI=1S/C19H30N2O/c1-3-20-15(2)14-21-19(22)13-16-9-11-18(12-10-16)17-7-5-4-6-8-17/h4-8,15-16,18,20H,3,9-14H2,1-2H3,(H,21,22)/t15-,16?,18?/m1/s1. The second-order valence-corrected chi connectivity index (χ2v) is 6.60. The number of amides is 1. The normalized spacial score (nSPS) is 23.0. The summed E-state index contributed by atoms with van der Waals surface area (Å²) in [5.74, 6) is 1.47. The van der Waals surface area contributed by atoms with Gasteiger partial charge in [0, 0.05) is 19.0 Å². The number of hydrogen-bond donors (Lipinski definition) is 2. The summed E-state index contributed by atoms with van der Waals surface area (Å²) in [6.07, 6.45) is 5.48. The molecule has 122 valence electrons. The van der Waals surface area contributed by atoms with Gasteiger partial charge in [0.15, 0.2) is 0 Å². The predicted molar refractivity (Wildman–Crippen MR) is 91.9 cm³/mol. The van der Waals surface area contributed by atoms with Crippen molar-refractivity contribution in [2.45, 2.75) is 57.9 Å². The Bertz CT molecular complexity index is 438. The average molecular weight is 302 g/mol.